The van der Waals surface area contributed by atoms with E-state index in [1.807, 2.05) is 0 Å². The summed E-state index contributed by atoms with van der Waals surface area (Å²) in [6.45, 7) is 1.96. The van der Waals surface area contributed by atoms with Gasteiger partial charge in [0, 0.05) is 16.4 Å². The molecule has 19 heavy (non-hydrogen) atoms. The van der Waals surface area contributed by atoms with Crippen LogP contribution in [0, 0.1) is 3.57 Å². The van der Waals surface area contributed by atoms with Crippen molar-refractivity contribution >= 4 is 60.4 Å². The molecule has 1 aliphatic rings. The minimum absolute atomic E-state index is 0.263. The molecule has 6 heteroatoms. The van der Waals surface area contributed by atoms with Crippen LogP contribution in [0.1, 0.15) is 18.4 Å². The van der Waals surface area contributed by atoms with E-state index in [-0.39, 0.29) is 5.97 Å². The number of hydrogen-bond donors (Lipinski definition) is 1. The molecule has 0 atom stereocenters. The molecule has 2 rings (SSSR count). The fourth-order valence-corrected chi connectivity index (χ4v) is 2.93. The molecule has 0 bridgehead atoms. The van der Waals surface area contributed by atoms with Gasteiger partial charge in [-0.25, -0.2) is 4.79 Å². The number of esters is 1. The predicted octanol–water partition coefficient (Wildman–Crippen LogP) is 2.50. The largest absolute Gasteiger partial charge is 0.452 e. The van der Waals surface area contributed by atoms with Crippen LogP contribution in [0.15, 0.2) is 24.3 Å². The molecule has 1 fully saturated rings. The maximum atomic E-state index is 11.9. The minimum atomic E-state index is -0.476. The number of quaternary nitrogens is 1. The average Bonchev–Trinajstić information content (AvgIpc) is 2.40. The lowest BCUT2D eigenvalue weighted by Gasteiger charge is -2.36. The Labute approximate surface area is 143 Å². The predicted molar refractivity (Wildman–Crippen MR) is 89.5 cm³/mol. The van der Waals surface area contributed by atoms with Gasteiger partial charge in [0.1, 0.15) is 5.60 Å². The Morgan fingerprint density at radius 3 is 2.37 bits per heavy atom. The van der Waals surface area contributed by atoms with Crippen molar-refractivity contribution < 1.29 is 14.8 Å². The standard InChI is InChI=1S/C13H14Br2INO2/c14-11(15)12(18)19-13(5-7-17-8-6-13)9-1-3-10(16)4-2-9/h1-4,11,17H,5-8H2/p+1. The van der Waals surface area contributed by atoms with Gasteiger partial charge in [-0.1, -0.05) is 44.0 Å². The molecular weight excluding hydrogens is 489 g/mol. The van der Waals surface area contributed by atoms with E-state index in [4.69, 9.17) is 4.74 Å². The molecule has 2 N–H and O–H groups in total. The zero-order chi connectivity index (χ0) is 13.9. The van der Waals surface area contributed by atoms with Gasteiger partial charge in [0.15, 0.2) is 3.74 Å². The first-order chi connectivity index (χ1) is 9.03. The lowest BCUT2D eigenvalue weighted by molar-refractivity contribution is -0.668. The summed E-state index contributed by atoms with van der Waals surface area (Å²) in [6, 6.07) is 8.25. The van der Waals surface area contributed by atoms with E-state index in [0.717, 1.165) is 31.5 Å². The molecule has 0 aromatic heterocycles. The number of piperidine rings is 1. The summed E-state index contributed by atoms with van der Waals surface area (Å²) in [7, 11) is 0. The Morgan fingerprint density at radius 2 is 1.84 bits per heavy atom. The molecule has 0 saturated carbocycles. The second-order valence-electron chi connectivity index (χ2n) is 4.59. The third-order valence-electron chi connectivity index (χ3n) is 3.35. The fourth-order valence-electron chi connectivity index (χ4n) is 2.38. The third-order valence-corrected chi connectivity index (χ3v) is 4.82. The Hall–Kier alpha value is 0.340. The van der Waals surface area contributed by atoms with Crippen LogP contribution in [0.25, 0.3) is 0 Å². The zero-order valence-electron chi connectivity index (χ0n) is 10.2. The smallest absolute Gasteiger partial charge is 0.331 e. The van der Waals surface area contributed by atoms with Gasteiger partial charge in [0.25, 0.3) is 0 Å². The number of alkyl halides is 2. The third kappa shape index (κ3) is 3.92. The van der Waals surface area contributed by atoms with E-state index in [0.29, 0.717) is 0 Å². The average molecular weight is 504 g/mol. The van der Waals surface area contributed by atoms with Crippen molar-refractivity contribution in [2.45, 2.75) is 22.2 Å². The highest BCUT2D eigenvalue weighted by Gasteiger charge is 2.40. The molecule has 0 unspecified atom stereocenters. The number of ether oxygens (including phenoxy) is 1. The Bertz CT molecular complexity index is 444. The summed E-state index contributed by atoms with van der Waals surface area (Å²) in [5.41, 5.74) is 0.616. The van der Waals surface area contributed by atoms with Crippen LogP contribution >= 0.6 is 54.5 Å². The van der Waals surface area contributed by atoms with Gasteiger partial charge < -0.3 is 10.1 Å². The van der Waals surface area contributed by atoms with E-state index < -0.39 is 9.34 Å². The van der Waals surface area contributed by atoms with Crippen molar-refractivity contribution in [2.75, 3.05) is 13.1 Å². The van der Waals surface area contributed by atoms with Gasteiger partial charge >= 0.3 is 5.97 Å². The molecule has 0 aliphatic carbocycles. The topological polar surface area (TPSA) is 42.9 Å². The number of nitrogens with two attached hydrogens (primary N) is 1. The van der Waals surface area contributed by atoms with Crippen molar-refractivity contribution in [3.8, 4) is 0 Å². The number of hydrogen-bond acceptors (Lipinski definition) is 2. The van der Waals surface area contributed by atoms with Crippen molar-refractivity contribution in [3.63, 3.8) is 0 Å². The molecule has 0 spiro atoms. The number of benzene rings is 1. The van der Waals surface area contributed by atoms with Crippen LogP contribution in [0.5, 0.6) is 0 Å². The zero-order valence-corrected chi connectivity index (χ0v) is 15.6. The van der Waals surface area contributed by atoms with Crippen LogP contribution in [-0.4, -0.2) is 22.8 Å². The Balaban J connectivity index is 2.28. The second-order valence-corrected chi connectivity index (χ2v) is 8.89. The molecule has 104 valence electrons. The molecule has 1 aliphatic heterocycles. The van der Waals surface area contributed by atoms with Crippen molar-refractivity contribution in [2.24, 2.45) is 0 Å². The molecule has 1 aromatic carbocycles. The molecule has 3 nitrogen and oxygen atoms in total. The van der Waals surface area contributed by atoms with Crippen LogP contribution in [0.4, 0.5) is 0 Å². The molecule has 1 aromatic rings. The quantitative estimate of drug-likeness (QED) is 0.391. The number of rotatable bonds is 3. The Morgan fingerprint density at radius 1 is 1.26 bits per heavy atom. The number of carbonyl (C=O) groups is 1. The van der Waals surface area contributed by atoms with Crippen LogP contribution in [0.2, 0.25) is 0 Å². The Kier molecular flexibility index (Phi) is 5.68. The van der Waals surface area contributed by atoms with Crippen molar-refractivity contribution in [1.82, 2.24) is 0 Å². The molecular formula is C13H15Br2INO2+. The SMILES string of the molecule is O=C(OC1(c2ccc(I)cc2)CC[NH2+]CC1)C(Br)Br. The van der Waals surface area contributed by atoms with E-state index in [9.17, 15) is 4.79 Å². The highest BCUT2D eigenvalue weighted by molar-refractivity contribution is 14.1. The first kappa shape index (κ1) is 15.7. The summed E-state index contributed by atoms with van der Waals surface area (Å²) in [4.78, 5) is 11.9. The van der Waals surface area contributed by atoms with Gasteiger partial charge in [0.05, 0.1) is 13.1 Å². The van der Waals surface area contributed by atoms with Gasteiger partial charge in [-0.05, 0) is 40.3 Å². The monoisotopic (exact) mass is 502 g/mol. The maximum Gasteiger partial charge on any atom is 0.331 e. The summed E-state index contributed by atoms with van der Waals surface area (Å²) < 4.78 is 6.54. The van der Waals surface area contributed by atoms with E-state index >= 15 is 0 Å². The first-order valence-corrected chi connectivity index (χ1v) is 9.03. The molecule has 0 radical (unpaired) electrons. The van der Waals surface area contributed by atoms with Crippen molar-refractivity contribution in [3.05, 3.63) is 33.4 Å². The van der Waals surface area contributed by atoms with Crippen LogP contribution < -0.4 is 5.32 Å². The van der Waals surface area contributed by atoms with Gasteiger partial charge in [-0.2, -0.15) is 0 Å². The van der Waals surface area contributed by atoms with Gasteiger partial charge in [-0.3, -0.25) is 0 Å². The molecule has 1 saturated heterocycles. The van der Waals surface area contributed by atoms with Crippen molar-refractivity contribution in [1.29, 1.82) is 0 Å². The highest BCUT2D eigenvalue weighted by Crippen LogP contribution is 2.35. The summed E-state index contributed by atoms with van der Waals surface area (Å²) >= 11 is 8.70. The molecule has 1 heterocycles. The van der Waals surface area contributed by atoms with Gasteiger partial charge in [0.2, 0.25) is 0 Å². The summed E-state index contributed by atoms with van der Waals surface area (Å²) in [5, 5.41) is 2.26. The summed E-state index contributed by atoms with van der Waals surface area (Å²) in [6.07, 6.45) is 1.71. The second kappa shape index (κ2) is 6.87. The summed E-state index contributed by atoms with van der Waals surface area (Å²) in [5.74, 6) is -0.263. The van der Waals surface area contributed by atoms with E-state index in [1.165, 1.54) is 3.57 Å². The van der Waals surface area contributed by atoms with E-state index in [1.54, 1.807) is 0 Å². The normalized spacial score (nSPS) is 18.3. The number of halogens is 3. The fraction of sp³-hybridized carbons (Fsp3) is 0.462. The lowest BCUT2D eigenvalue weighted by atomic mass is 9.85. The highest BCUT2D eigenvalue weighted by atomic mass is 127. The first-order valence-electron chi connectivity index (χ1n) is 6.12. The lowest BCUT2D eigenvalue weighted by Crippen LogP contribution is -2.87. The van der Waals surface area contributed by atoms with Crippen LogP contribution in [0.3, 0.4) is 0 Å². The maximum absolute atomic E-state index is 11.9. The van der Waals surface area contributed by atoms with Crippen LogP contribution in [-0.2, 0) is 15.1 Å². The van der Waals surface area contributed by atoms with E-state index in [2.05, 4.69) is 84.0 Å². The van der Waals surface area contributed by atoms with Gasteiger partial charge in [-0.15, -0.1) is 0 Å². The number of carbonyl (C=O) groups excluding carboxylic acids is 1. The molecule has 0 amide bonds. The minimum Gasteiger partial charge on any atom is -0.452 e.